The minimum atomic E-state index is -0.424. The van der Waals surface area contributed by atoms with Gasteiger partial charge in [-0.2, -0.15) is 0 Å². The molecule has 0 bridgehead atoms. The molecule has 0 saturated heterocycles. The number of hydroxylamine groups is 1. The molecule has 0 amide bonds. The van der Waals surface area contributed by atoms with E-state index in [1.165, 1.54) is 18.2 Å². The molecule has 0 aliphatic rings. The van der Waals surface area contributed by atoms with Crippen LogP contribution in [-0.4, -0.2) is 21.4 Å². The molecule has 0 spiro atoms. The van der Waals surface area contributed by atoms with Crippen LogP contribution in [0.15, 0.2) is 62.6 Å². The second-order valence-electron chi connectivity index (χ2n) is 4.86. The highest BCUT2D eigenvalue weighted by Crippen LogP contribution is 2.23. The molecule has 3 aromatic rings. The third-order valence-corrected chi connectivity index (χ3v) is 3.76. The Morgan fingerprint density at radius 1 is 1.24 bits per heavy atom. The van der Waals surface area contributed by atoms with E-state index in [2.05, 4.69) is 35.9 Å². The topological polar surface area (TPSA) is 92.8 Å². The number of ether oxygens (including phenoxy) is 1. The quantitative estimate of drug-likeness (QED) is 0.382. The van der Waals surface area contributed by atoms with Gasteiger partial charge in [-0.1, -0.05) is 30.3 Å². The summed E-state index contributed by atoms with van der Waals surface area (Å²) in [5.74, 6) is -0.416. The number of rotatable bonds is 5. The van der Waals surface area contributed by atoms with Crippen molar-refractivity contribution >= 4 is 27.5 Å². The number of aromatic nitrogens is 2. The first-order valence-electron chi connectivity index (χ1n) is 7.11. The van der Waals surface area contributed by atoms with Crippen molar-refractivity contribution in [2.24, 2.45) is 4.99 Å². The van der Waals surface area contributed by atoms with Gasteiger partial charge in [-0.3, -0.25) is 10.7 Å². The number of benzene rings is 2. The zero-order valence-electron chi connectivity index (χ0n) is 12.7. The Morgan fingerprint density at radius 2 is 2.04 bits per heavy atom. The fraction of sp³-hybridized carbons (Fsp3) is 0.0625. The summed E-state index contributed by atoms with van der Waals surface area (Å²) in [7, 11) is 0. The molecular formula is C16H12BrFN4O3. The van der Waals surface area contributed by atoms with E-state index in [9.17, 15) is 9.60 Å². The van der Waals surface area contributed by atoms with Gasteiger partial charge in [-0.25, -0.2) is 14.0 Å². The van der Waals surface area contributed by atoms with Gasteiger partial charge >= 0.3 is 0 Å². The average Bonchev–Trinajstić information content (AvgIpc) is 3.10. The van der Waals surface area contributed by atoms with Crippen LogP contribution in [0.25, 0.3) is 0 Å². The Hall–Kier alpha value is -2.78. The maximum Gasteiger partial charge on any atom is 0.287 e. The van der Waals surface area contributed by atoms with E-state index in [0.29, 0.717) is 5.69 Å². The molecular weight excluding hydrogens is 395 g/mol. The molecule has 0 radical (unpaired) electrons. The lowest BCUT2D eigenvalue weighted by atomic mass is 10.2. The fourth-order valence-electron chi connectivity index (χ4n) is 1.96. The number of nitrogens with one attached hydrogen (secondary N) is 1. The van der Waals surface area contributed by atoms with Crippen LogP contribution in [-0.2, 0) is 6.61 Å². The van der Waals surface area contributed by atoms with Gasteiger partial charge in [0.05, 0.1) is 10.2 Å². The Kier molecular flexibility index (Phi) is 5.36. The van der Waals surface area contributed by atoms with E-state index < -0.39 is 5.82 Å². The molecule has 7 nitrogen and oxygen atoms in total. The molecule has 0 atom stereocenters. The van der Waals surface area contributed by atoms with E-state index in [-0.39, 0.29) is 28.5 Å². The molecule has 25 heavy (non-hydrogen) atoms. The second kappa shape index (κ2) is 7.86. The van der Waals surface area contributed by atoms with Gasteiger partial charge in [0, 0.05) is 0 Å². The first kappa shape index (κ1) is 17.1. The van der Waals surface area contributed by atoms with Gasteiger partial charge in [-0.15, -0.1) is 0 Å². The highest BCUT2D eigenvalue weighted by Gasteiger charge is 2.18. The summed E-state index contributed by atoms with van der Waals surface area (Å²) >= 11 is 3.07. The molecule has 2 aromatic carbocycles. The molecule has 9 heteroatoms. The smallest absolute Gasteiger partial charge is 0.287 e. The van der Waals surface area contributed by atoms with Crippen LogP contribution < -0.4 is 10.2 Å². The Morgan fingerprint density at radius 3 is 2.76 bits per heavy atom. The number of amidine groups is 1. The Labute approximate surface area is 150 Å². The lowest BCUT2D eigenvalue weighted by Gasteiger charge is -2.05. The highest BCUT2D eigenvalue weighted by atomic mass is 79.9. The molecule has 1 heterocycles. The summed E-state index contributed by atoms with van der Waals surface area (Å²) in [6, 6.07) is 13.6. The van der Waals surface area contributed by atoms with Crippen LogP contribution in [0.5, 0.6) is 5.88 Å². The summed E-state index contributed by atoms with van der Waals surface area (Å²) < 4.78 is 23.8. The summed E-state index contributed by atoms with van der Waals surface area (Å²) in [5, 5.41) is 16.7. The van der Waals surface area contributed by atoms with Gasteiger partial charge in [0.2, 0.25) is 5.69 Å². The van der Waals surface area contributed by atoms with Crippen LogP contribution in [0.1, 0.15) is 11.3 Å². The number of hydrogen-bond acceptors (Lipinski definition) is 6. The van der Waals surface area contributed by atoms with E-state index in [0.717, 1.165) is 5.56 Å². The molecule has 2 N–H and O–H groups in total. The van der Waals surface area contributed by atoms with Crippen LogP contribution in [0.2, 0.25) is 0 Å². The molecule has 3 rings (SSSR count). The Bertz CT molecular complexity index is 886. The van der Waals surface area contributed by atoms with Gasteiger partial charge in [-0.05, 0) is 50.0 Å². The molecule has 0 unspecified atom stereocenters. The molecule has 0 aliphatic carbocycles. The molecule has 0 saturated carbocycles. The predicted octanol–water partition coefficient (Wildman–Crippen LogP) is 3.61. The lowest BCUT2D eigenvalue weighted by molar-refractivity contribution is 0.233. The van der Waals surface area contributed by atoms with Crippen molar-refractivity contribution in [3.63, 3.8) is 0 Å². The van der Waals surface area contributed by atoms with E-state index in [1.807, 2.05) is 35.8 Å². The summed E-state index contributed by atoms with van der Waals surface area (Å²) in [4.78, 5) is 4.15. The first-order valence-corrected chi connectivity index (χ1v) is 7.90. The first-order chi connectivity index (χ1) is 12.2. The van der Waals surface area contributed by atoms with Crippen molar-refractivity contribution in [1.29, 1.82) is 0 Å². The fourth-order valence-corrected chi connectivity index (χ4v) is 2.33. The SMILES string of the molecule is ONC(=Nc1ccc(F)c(Br)c1)c1nonc1OCc1ccccc1. The van der Waals surface area contributed by atoms with Crippen molar-refractivity contribution in [3.8, 4) is 5.88 Å². The summed E-state index contributed by atoms with van der Waals surface area (Å²) in [5.41, 5.74) is 3.31. The molecule has 128 valence electrons. The standard InChI is InChI=1S/C16H12BrFN4O3/c17-12-8-11(6-7-13(12)18)19-15(20-23)14-16(22-25-21-14)24-9-10-4-2-1-3-5-10/h1-8,23H,9H2,(H,19,20). The molecule has 1 aromatic heterocycles. The minimum Gasteiger partial charge on any atom is -0.469 e. The van der Waals surface area contributed by atoms with Crippen LogP contribution in [0.4, 0.5) is 10.1 Å². The normalized spacial score (nSPS) is 11.4. The number of halogens is 2. The number of hydrogen-bond donors (Lipinski definition) is 2. The van der Waals surface area contributed by atoms with Crippen LogP contribution >= 0.6 is 15.9 Å². The van der Waals surface area contributed by atoms with Gasteiger partial charge < -0.3 is 4.74 Å². The summed E-state index contributed by atoms with van der Waals surface area (Å²) in [6.07, 6.45) is 0. The van der Waals surface area contributed by atoms with E-state index in [4.69, 9.17) is 4.74 Å². The van der Waals surface area contributed by atoms with Crippen LogP contribution in [0, 0.1) is 5.82 Å². The maximum atomic E-state index is 13.3. The van der Waals surface area contributed by atoms with Gasteiger partial charge in [0.25, 0.3) is 5.88 Å². The van der Waals surface area contributed by atoms with Crippen molar-refractivity contribution in [1.82, 2.24) is 15.8 Å². The Balaban J connectivity index is 1.83. The van der Waals surface area contributed by atoms with Crippen molar-refractivity contribution in [2.75, 3.05) is 0 Å². The van der Waals surface area contributed by atoms with Crippen molar-refractivity contribution < 1.29 is 19.0 Å². The van der Waals surface area contributed by atoms with E-state index >= 15 is 0 Å². The average molecular weight is 407 g/mol. The maximum absolute atomic E-state index is 13.3. The highest BCUT2D eigenvalue weighted by molar-refractivity contribution is 9.10. The largest absolute Gasteiger partial charge is 0.469 e. The summed E-state index contributed by atoms with van der Waals surface area (Å²) in [6.45, 7) is 0.239. The molecule has 0 fully saturated rings. The third kappa shape index (κ3) is 4.20. The van der Waals surface area contributed by atoms with Crippen molar-refractivity contribution in [2.45, 2.75) is 6.61 Å². The third-order valence-electron chi connectivity index (χ3n) is 3.15. The van der Waals surface area contributed by atoms with Gasteiger partial charge in [0.1, 0.15) is 12.4 Å². The molecule has 0 aliphatic heterocycles. The van der Waals surface area contributed by atoms with Crippen molar-refractivity contribution in [3.05, 3.63) is 70.1 Å². The second-order valence-corrected chi connectivity index (χ2v) is 5.72. The monoisotopic (exact) mass is 406 g/mol. The number of aliphatic imine (C=N–C) groups is 1. The van der Waals surface area contributed by atoms with Crippen LogP contribution in [0.3, 0.4) is 0 Å². The minimum absolute atomic E-state index is 0.0529. The van der Waals surface area contributed by atoms with E-state index in [1.54, 1.807) is 0 Å². The van der Waals surface area contributed by atoms with Gasteiger partial charge in [0.15, 0.2) is 5.84 Å². The zero-order chi connectivity index (χ0) is 17.6. The predicted molar refractivity (Wildman–Crippen MR) is 90.3 cm³/mol. The number of nitrogens with zero attached hydrogens (tertiary/aromatic N) is 3. The lowest BCUT2D eigenvalue weighted by Crippen LogP contribution is -2.21. The zero-order valence-corrected chi connectivity index (χ0v) is 14.3.